The Morgan fingerprint density at radius 1 is 1.26 bits per heavy atom. The minimum Gasteiger partial charge on any atom is -0.461 e. The summed E-state index contributed by atoms with van der Waals surface area (Å²) >= 11 is 1.61. The van der Waals surface area contributed by atoms with Crippen molar-refractivity contribution in [1.82, 2.24) is 4.90 Å². The molecular formula is C28H47NO4S. The largest absolute Gasteiger partial charge is 0.461 e. The van der Waals surface area contributed by atoms with Gasteiger partial charge in [-0.3, -0.25) is 9.59 Å². The number of aliphatic hydroxyl groups is 1. The van der Waals surface area contributed by atoms with Crippen molar-refractivity contribution in [2.45, 2.75) is 85.9 Å². The number of nitrogens with zero attached hydrogens (tertiary/aromatic N) is 1. The van der Waals surface area contributed by atoms with Gasteiger partial charge in [-0.25, -0.2) is 0 Å². The Kier molecular flexibility index (Phi) is 8.68. The summed E-state index contributed by atoms with van der Waals surface area (Å²) in [6, 6.07) is 0. The maximum Gasteiger partial charge on any atom is 0.316 e. The molecule has 3 aliphatic rings. The van der Waals surface area contributed by atoms with Crippen LogP contribution in [0.3, 0.4) is 0 Å². The lowest BCUT2D eigenvalue weighted by Gasteiger charge is -2.61. The van der Waals surface area contributed by atoms with Crippen molar-refractivity contribution >= 4 is 23.5 Å². The van der Waals surface area contributed by atoms with E-state index in [9.17, 15) is 14.7 Å². The molecule has 1 unspecified atom stereocenters. The molecule has 0 aromatic carbocycles. The number of Topliss-reactive ketones (excluding diaryl/α,β-unsaturated/α-hetero) is 1. The summed E-state index contributed by atoms with van der Waals surface area (Å²) in [7, 11) is 0. The van der Waals surface area contributed by atoms with Crippen LogP contribution in [0.2, 0.25) is 0 Å². The van der Waals surface area contributed by atoms with Gasteiger partial charge in [0.15, 0.2) is 0 Å². The standard InChI is InChI=1S/C28H47NO4S/c1-8-26(6)17-22(33-23(31)18-34-16-15-29(9-2)10-3)27(7)19(4)11-13-28(20(5)25(26)32)14-12-21(30)24(27)28/h8,19-20,22,24-25,32H,1,9-18H2,2-7H3/t19-,20+,22-,24?,25+,26-,27+,28+/m1/s1. The Bertz CT molecular complexity index is 770. The molecule has 8 atom stereocenters. The van der Waals surface area contributed by atoms with Gasteiger partial charge in [0.25, 0.3) is 0 Å². The van der Waals surface area contributed by atoms with Gasteiger partial charge in [0.2, 0.25) is 0 Å². The zero-order valence-electron chi connectivity index (χ0n) is 22.3. The molecule has 3 rings (SSSR count). The lowest BCUT2D eigenvalue weighted by molar-refractivity contribution is -0.205. The molecule has 0 aromatic heterocycles. The SMILES string of the molecule is C=C[C@]1(C)C[C@@H](OC(=O)CSCCN(CC)CC)[C@@]2(C)C3C(=O)CC[C@@]3(CC[C@H]2C)[C@@H](C)[C@@H]1O. The van der Waals surface area contributed by atoms with E-state index in [-0.39, 0.29) is 29.1 Å². The molecule has 0 heterocycles. The number of esters is 1. The number of carbonyl (C=O) groups excluding carboxylic acids is 2. The maximum absolute atomic E-state index is 13.4. The highest BCUT2D eigenvalue weighted by molar-refractivity contribution is 7.99. The van der Waals surface area contributed by atoms with E-state index < -0.39 is 23.0 Å². The number of hydrogen-bond acceptors (Lipinski definition) is 6. The van der Waals surface area contributed by atoms with Gasteiger partial charge in [-0.2, -0.15) is 0 Å². The first-order valence-corrected chi connectivity index (χ1v) is 14.5. The van der Waals surface area contributed by atoms with Crippen LogP contribution in [0.5, 0.6) is 0 Å². The summed E-state index contributed by atoms with van der Waals surface area (Å²) in [6.07, 6.45) is 4.64. The normalized spacial score (nSPS) is 42.1. The number of carbonyl (C=O) groups is 2. The average molecular weight is 494 g/mol. The molecule has 0 amide bonds. The molecule has 1 N–H and O–H groups in total. The number of ether oxygens (including phenoxy) is 1. The zero-order valence-corrected chi connectivity index (χ0v) is 23.1. The molecule has 194 valence electrons. The van der Waals surface area contributed by atoms with E-state index >= 15 is 0 Å². The quantitative estimate of drug-likeness (QED) is 0.278. The monoisotopic (exact) mass is 493 g/mol. The van der Waals surface area contributed by atoms with Crippen molar-refractivity contribution in [3.8, 4) is 0 Å². The summed E-state index contributed by atoms with van der Waals surface area (Å²) in [6.45, 7) is 20.0. The first kappa shape index (κ1) is 27.7. The lowest BCUT2D eigenvalue weighted by atomic mass is 9.44. The molecule has 6 heteroatoms. The molecule has 0 saturated heterocycles. The van der Waals surface area contributed by atoms with E-state index in [4.69, 9.17) is 4.74 Å². The van der Waals surface area contributed by atoms with Gasteiger partial charge in [0.1, 0.15) is 11.9 Å². The van der Waals surface area contributed by atoms with Gasteiger partial charge in [-0.1, -0.05) is 47.6 Å². The molecule has 3 fully saturated rings. The Morgan fingerprint density at radius 2 is 1.94 bits per heavy atom. The highest BCUT2D eigenvalue weighted by Crippen LogP contribution is 2.67. The summed E-state index contributed by atoms with van der Waals surface area (Å²) in [5.41, 5.74) is -1.25. The van der Waals surface area contributed by atoms with E-state index in [1.165, 1.54) is 0 Å². The van der Waals surface area contributed by atoms with Crippen molar-refractivity contribution in [3.63, 3.8) is 0 Å². The third kappa shape index (κ3) is 4.64. The minimum atomic E-state index is -0.624. The van der Waals surface area contributed by atoms with Crippen molar-refractivity contribution in [3.05, 3.63) is 12.7 Å². The van der Waals surface area contributed by atoms with Gasteiger partial charge in [0.05, 0.1) is 11.9 Å². The van der Waals surface area contributed by atoms with Crippen LogP contribution in [0.25, 0.3) is 0 Å². The van der Waals surface area contributed by atoms with E-state index in [0.717, 1.165) is 44.6 Å². The number of aliphatic hydroxyl groups excluding tert-OH is 1. The predicted molar refractivity (Wildman–Crippen MR) is 140 cm³/mol. The second kappa shape index (κ2) is 10.6. The topological polar surface area (TPSA) is 66.8 Å². The highest BCUT2D eigenvalue weighted by Gasteiger charge is 2.68. The first-order chi connectivity index (χ1) is 16.0. The Morgan fingerprint density at radius 3 is 2.56 bits per heavy atom. The Labute approximate surface area is 211 Å². The molecule has 2 bridgehead atoms. The van der Waals surface area contributed by atoms with Gasteiger partial charge in [-0.15, -0.1) is 18.3 Å². The highest BCUT2D eigenvalue weighted by atomic mass is 32.2. The van der Waals surface area contributed by atoms with Crippen molar-refractivity contribution < 1.29 is 19.4 Å². The maximum atomic E-state index is 13.4. The Balaban J connectivity index is 1.88. The van der Waals surface area contributed by atoms with Crippen LogP contribution in [0.4, 0.5) is 0 Å². The zero-order chi connectivity index (χ0) is 25.3. The third-order valence-corrected chi connectivity index (χ3v) is 11.2. The number of hydrogen-bond donors (Lipinski definition) is 1. The summed E-state index contributed by atoms with van der Waals surface area (Å²) < 4.78 is 6.30. The molecule has 0 radical (unpaired) electrons. The third-order valence-electron chi connectivity index (χ3n) is 10.2. The van der Waals surface area contributed by atoms with Crippen molar-refractivity contribution in [1.29, 1.82) is 0 Å². The van der Waals surface area contributed by atoms with Crippen LogP contribution in [-0.4, -0.2) is 65.1 Å². The van der Waals surface area contributed by atoms with Gasteiger partial charge in [0, 0.05) is 35.5 Å². The molecule has 0 spiro atoms. The van der Waals surface area contributed by atoms with Crippen LogP contribution in [0.1, 0.15) is 73.6 Å². The van der Waals surface area contributed by atoms with Crippen molar-refractivity contribution in [2.24, 2.45) is 34.0 Å². The fraction of sp³-hybridized carbons (Fsp3) is 0.857. The summed E-state index contributed by atoms with van der Waals surface area (Å²) in [4.78, 5) is 28.9. The molecule has 3 saturated carbocycles. The second-order valence-electron chi connectivity index (χ2n) is 11.6. The predicted octanol–water partition coefficient (Wildman–Crippen LogP) is 4.97. The van der Waals surface area contributed by atoms with Gasteiger partial charge < -0.3 is 14.7 Å². The van der Waals surface area contributed by atoms with Crippen LogP contribution in [-0.2, 0) is 14.3 Å². The summed E-state index contributed by atoms with van der Waals surface area (Å²) in [5.74, 6) is 1.37. The lowest BCUT2D eigenvalue weighted by Crippen LogP contribution is -2.63. The van der Waals surface area contributed by atoms with E-state index in [1.807, 2.05) is 13.0 Å². The fourth-order valence-corrected chi connectivity index (χ4v) is 8.35. The number of thioether (sulfide) groups is 1. The number of ketones is 1. The summed E-state index contributed by atoms with van der Waals surface area (Å²) in [5, 5.41) is 11.6. The van der Waals surface area contributed by atoms with E-state index in [2.05, 4.69) is 46.1 Å². The molecule has 0 aliphatic heterocycles. The fourth-order valence-electron chi connectivity index (χ4n) is 7.58. The van der Waals surface area contributed by atoms with Crippen LogP contribution < -0.4 is 0 Å². The minimum absolute atomic E-state index is 0.00828. The van der Waals surface area contributed by atoms with Gasteiger partial charge >= 0.3 is 5.97 Å². The van der Waals surface area contributed by atoms with Crippen LogP contribution >= 0.6 is 11.8 Å². The molecular weight excluding hydrogens is 446 g/mol. The Hall–Kier alpha value is -0.850. The van der Waals surface area contributed by atoms with Crippen molar-refractivity contribution in [2.75, 3.05) is 31.1 Å². The van der Waals surface area contributed by atoms with Gasteiger partial charge in [-0.05, 0) is 56.0 Å². The average Bonchev–Trinajstić information content (AvgIpc) is 3.17. The molecule has 3 aliphatic carbocycles. The second-order valence-corrected chi connectivity index (χ2v) is 12.7. The smallest absolute Gasteiger partial charge is 0.316 e. The van der Waals surface area contributed by atoms with E-state index in [1.54, 1.807) is 11.8 Å². The molecule has 34 heavy (non-hydrogen) atoms. The molecule has 0 aromatic rings. The van der Waals surface area contributed by atoms with E-state index in [0.29, 0.717) is 24.4 Å². The molecule has 5 nitrogen and oxygen atoms in total. The van der Waals surface area contributed by atoms with Crippen LogP contribution in [0, 0.1) is 34.0 Å². The first-order valence-electron chi connectivity index (χ1n) is 13.3. The number of rotatable bonds is 9. The van der Waals surface area contributed by atoms with Crippen LogP contribution in [0.15, 0.2) is 12.7 Å².